The number of halogens is 1. The van der Waals surface area contributed by atoms with Crippen molar-refractivity contribution < 1.29 is 18.7 Å². The van der Waals surface area contributed by atoms with Gasteiger partial charge in [-0.15, -0.1) is 0 Å². The quantitative estimate of drug-likeness (QED) is 0.431. The van der Waals surface area contributed by atoms with Crippen LogP contribution in [0, 0.1) is 6.92 Å². The number of aliphatic hydroxyl groups is 1. The molecule has 0 radical (unpaired) electrons. The van der Waals surface area contributed by atoms with Gasteiger partial charge in [0.05, 0.1) is 0 Å². The summed E-state index contributed by atoms with van der Waals surface area (Å²) in [5.41, 5.74) is 3.14. The van der Waals surface area contributed by atoms with E-state index >= 15 is 0 Å². The van der Waals surface area contributed by atoms with Crippen LogP contribution < -0.4 is 5.32 Å². The van der Waals surface area contributed by atoms with E-state index in [1.54, 1.807) is 36.4 Å². The molecule has 0 saturated heterocycles. The minimum Gasteiger partial charge on any atom is -0.459 e. The standard InChI is InChI=1S/C23H18ClNO4/c1-14-5-6-16(20-8-7-18(13-26)28-20)12-19(14)25-23(27)22-10-9-21(29-22)15-3-2-4-17(24)11-15/h2-12,26H,13H2,1H3,(H,25,27). The summed E-state index contributed by atoms with van der Waals surface area (Å²) in [7, 11) is 0. The maximum Gasteiger partial charge on any atom is 0.291 e. The summed E-state index contributed by atoms with van der Waals surface area (Å²) in [6, 6.07) is 19.7. The van der Waals surface area contributed by atoms with E-state index in [0.717, 1.165) is 16.7 Å². The minimum atomic E-state index is -0.353. The molecule has 0 spiro atoms. The zero-order chi connectivity index (χ0) is 20.4. The van der Waals surface area contributed by atoms with Crippen LogP contribution in [-0.2, 0) is 6.61 Å². The van der Waals surface area contributed by atoms with Crippen molar-refractivity contribution in [1.82, 2.24) is 0 Å². The van der Waals surface area contributed by atoms with Crippen LogP contribution >= 0.6 is 11.6 Å². The number of amides is 1. The van der Waals surface area contributed by atoms with Gasteiger partial charge in [-0.25, -0.2) is 0 Å². The maximum atomic E-state index is 12.7. The molecule has 6 heteroatoms. The average Bonchev–Trinajstić information content (AvgIpc) is 3.39. The number of carbonyl (C=O) groups excluding carboxylic acids is 1. The van der Waals surface area contributed by atoms with Gasteiger partial charge < -0.3 is 19.3 Å². The molecule has 0 saturated carbocycles. The highest BCUT2D eigenvalue weighted by atomic mass is 35.5. The van der Waals surface area contributed by atoms with E-state index in [9.17, 15) is 9.90 Å². The number of aryl methyl sites for hydroxylation is 1. The van der Waals surface area contributed by atoms with Crippen molar-refractivity contribution in [1.29, 1.82) is 0 Å². The van der Waals surface area contributed by atoms with Gasteiger partial charge in [0.1, 0.15) is 23.9 Å². The summed E-state index contributed by atoms with van der Waals surface area (Å²) in [6.07, 6.45) is 0. The lowest BCUT2D eigenvalue weighted by Crippen LogP contribution is -2.11. The molecular weight excluding hydrogens is 390 g/mol. The summed E-state index contributed by atoms with van der Waals surface area (Å²) >= 11 is 6.02. The number of nitrogens with one attached hydrogen (secondary N) is 1. The molecule has 4 rings (SSSR count). The van der Waals surface area contributed by atoms with Crippen LogP contribution in [0.4, 0.5) is 5.69 Å². The van der Waals surface area contributed by atoms with Gasteiger partial charge in [0.25, 0.3) is 5.91 Å². The Bertz CT molecular complexity index is 1180. The SMILES string of the molecule is Cc1ccc(-c2ccc(CO)o2)cc1NC(=O)c1ccc(-c2cccc(Cl)c2)o1. The Morgan fingerprint density at radius 3 is 2.48 bits per heavy atom. The van der Waals surface area contributed by atoms with Gasteiger partial charge in [-0.3, -0.25) is 4.79 Å². The van der Waals surface area contributed by atoms with Gasteiger partial charge in [-0.1, -0.05) is 35.9 Å². The molecule has 0 aliphatic heterocycles. The molecule has 0 aliphatic rings. The second-order valence-corrected chi connectivity index (χ2v) is 7.02. The molecule has 29 heavy (non-hydrogen) atoms. The minimum absolute atomic E-state index is 0.164. The van der Waals surface area contributed by atoms with E-state index in [4.69, 9.17) is 20.4 Å². The monoisotopic (exact) mass is 407 g/mol. The zero-order valence-corrected chi connectivity index (χ0v) is 16.4. The lowest BCUT2D eigenvalue weighted by Gasteiger charge is -2.09. The third kappa shape index (κ3) is 4.11. The van der Waals surface area contributed by atoms with Crippen LogP contribution in [0.3, 0.4) is 0 Å². The highest BCUT2D eigenvalue weighted by Gasteiger charge is 2.15. The fourth-order valence-electron chi connectivity index (χ4n) is 2.97. The van der Waals surface area contributed by atoms with Crippen molar-refractivity contribution in [2.24, 2.45) is 0 Å². The molecule has 0 fully saturated rings. The van der Waals surface area contributed by atoms with Crippen molar-refractivity contribution in [2.75, 3.05) is 5.32 Å². The third-order valence-electron chi connectivity index (χ3n) is 4.53. The summed E-state index contributed by atoms with van der Waals surface area (Å²) < 4.78 is 11.3. The summed E-state index contributed by atoms with van der Waals surface area (Å²) in [4.78, 5) is 12.7. The molecule has 1 amide bonds. The molecule has 0 aliphatic carbocycles. The van der Waals surface area contributed by atoms with Crippen LogP contribution in [0.25, 0.3) is 22.6 Å². The van der Waals surface area contributed by atoms with Crippen molar-refractivity contribution in [3.8, 4) is 22.6 Å². The van der Waals surface area contributed by atoms with E-state index in [2.05, 4.69) is 5.32 Å². The summed E-state index contributed by atoms with van der Waals surface area (Å²) in [6.45, 7) is 1.74. The number of aliphatic hydroxyl groups excluding tert-OH is 1. The fourth-order valence-corrected chi connectivity index (χ4v) is 3.16. The number of furan rings is 2. The molecule has 2 aromatic heterocycles. The zero-order valence-electron chi connectivity index (χ0n) is 15.6. The molecule has 2 heterocycles. The van der Waals surface area contributed by atoms with E-state index in [1.165, 1.54) is 0 Å². The number of hydrogen-bond acceptors (Lipinski definition) is 4. The number of carbonyl (C=O) groups is 1. The Hall–Kier alpha value is -3.28. The van der Waals surface area contributed by atoms with Crippen molar-refractivity contribution in [3.05, 3.63) is 88.8 Å². The molecule has 4 aromatic rings. The second-order valence-electron chi connectivity index (χ2n) is 6.58. The Labute approximate surface area is 172 Å². The average molecular weight is 408 g/mol. The van der Waals surface area contributed by atoms with E-state index in [-0.39, 0.29) is 18.3 Å². The highest BCUT2D eigenvalue weighted by molar-refractivity contribution is 6.30. The molecule has 5 nitrogen and oxygen atoms in total. The second kappa shape index (κ2) is 7.99. The van der Waals surface area contributed by atoms with Gasteiger partial charge in [-0.2, -0.15) is 0 Å². The van der Waals surface area contributed by atoms with E-state index in [0.29, 0.717) is 28.0 Å². The predicted molar refractivity (Wildman–Crippen MR) is 112 cm³/mol. The first-order chi connectivity index (χ1) is 14.0. The van der Waals surface area contributed by atoms with Crippen molar-refractivity contribution >= 4 is 23.2 Å². The summed E-state index contributed by atoms with van der Waals surface area (Å²) in [5, 5.41) is 12.7. The van der Waals surface area contributed by atoms with Gasteiger partial charge >= 0.3 is 0 Å². The van der Waals surface area contributed by atoms with E-state index in [1.807, 2.05) is 37.3 Å². The predicted octanol–water partition coefficient (Wildman–Crippen LogP) is 5.91. The van der Waals surface area contributed by atoms with Crippen LogP contribution in [0.15, 0.2) is 75.6 Å². The molecule has 0 atom stereocenters. The largest absolute Gasteiger partial charge is 0.459 e. The van der Waals surface area contributed by atoms with Gasteiger partial charge in [0.2, 0.25) is 0 Å². The third-order valence-corrected chi connectivity index (χ3v) is 4.76. The number of anilines is 1. The Balaban J connectivity index is 1.56. The van der Waals surface area contributed by atoms with Crippen LogP contribution in [0.1, 0.15) is 21.9 Å². The molecule has 0 bridgehead atoms. The lowest BCUT2D eigenvalue weighted by molar-refractivity contribution is 0.0997. The summed E-state index contributed by atoms with van der Waals surface area (Å²) in [5.74, 6) is 1.51. The number of hydrogen-bond donors (Lipinski definition) is 2. The number of benzene rings is 2. The normalized spacial score (nSPS) is 10.9. The lowest BCUT2D eigenvalue weighted by atomic mass is 10.1. The highest BCUT2D eigenvalue weighted by Crippen LogP contribution is 2.29. The maximum absolute atomic E-state index is 12.7. The fraction of sp³-hybridized carbons (Fsp3) is 0.0870. The molecule has 146 valence electrons. The van der Waals surface area contributed by atoms with E-state index < -0.39 is 0 Å². The first-order valence-electron chi connectivity index (χ1n) is 9.01. The first kappa shape index (κ1) is 19.1. The number of rotatable bonds is 5. The molecular formula is C23H18ClNO4. The molecule has 2 N–H and O–H groups in total. The van der Waals surface area contributed by atoms with Gasteiger partial charge in [-0.05, 0) is 55.0 Å². The van der Waals surface area contributed by atoms with Gasteiger partial charge in [0.15, 0.2) is 5.76 Å². The Morgan fingerprint density at radius 2 is 1.72 bits per heavy atom. The first-order valence-corrected chi connectivity index (χ1v) is 9.39. The van der Waals surface area contributed by atoms with Crippen LogP contribution in [0.5, 0.6) is 0 Å². The Kier molecular flexibility index (Phi) is 5.25. The van der Waals surface area contributed by atoms with Gasteiger partial charge in [0, 0.05) is 21.8 Å². The van der Waals surface area contributed by atoms with Crippen molar-refractivity contribution in [3.63, 3.8) is 0 Å². The smallest absolute Gasteiger partial charge is 0.291 e. The van der Waals surface area contributed by atoms with Crippen molar-refractivity contribution in [2.45, 2.75) is 13.5 Å². The topological polar surface area (TPSA) is 75.6 Å². The molecule has 2 aromatic carbocycles. The van der Waals surface area contributed by atoms with Crippen LogP contribution in [-0.4, -0.2) is 11.0 Å². The van der Waals surface area contributed by atoms with Crippen LogP contribution in [0.2, 0.25) is 5.02 Å². The molecule has 0 unspecified atom stereocenters. The Morgan fingerprint density at radius 1 is 0.966 bits per heavy atom.